The Morgan fingerprint density at radius 1 is 1.21 bits per heavy atom. The first-order valence-corrected chi connectivity index (χ1v) is 6.41. The third-order valence-corrected chi connectivity index (χ3v) is 3.19. The Morgan fingerprint density at radius 2 is 2.00 bits per heavy atom. The van der Waals surface area contributed by atoms with E-state index in [9.17, 15) is 0 Å². The summed E-state index contributed by atoms with van der Waals surface area (Å²) in [5.74, 6) is 0.856. The Hall–Kier alpha value is -2.00. The molecule has 3 nitrogen and oxygen atoms in total. The molecule has 19 heavy (non-hydrogen) atoms. The number of halogens is 1. The fourth-order valence-corrected chi connectivity index (χ4v) is 2.06. The predicted molar refractivity (Wildman–Crippen MR) is 75.7 cm³/mol. The largest absolute Gasteiger partial charge is 0.487 e. The van der Waals surface area contributed by atoms with Crippen molar-refractivity contribution in [3.05, 3.63) is 65.1 Å². The molecule has 0 N–H and O–H groups in total. The fraction of sp³-hybridized carbons (Fsp3) is 0.133. The molecule has 3 rings (SSSR count). The summed E-state index contributed by atoms with van der Waals surface area (Å²) in [6.07, 6.45) is 3.71. The Balaban J connectivity index is 1.80. The van der Waals surface area contributed by atoms with Crippen LogP contribution in [0.1, 0.15) is 11.3 Å². The van der Waals surface area contributed by atoms with Gasteiger partial charge in [0.05, 0.1) is 11.9 Å². The molecule has 1 aromatic carbocycles. The first kappa shape index (κ1) is 12.1. The zero-order chi connectivity index (χ0) is 13.2. The predicted octanol–water partition coefficient (Wildman–Crippen LogP) is 3.88. The van der Waals surface area contributed by atoms with Gasteiger partial charge in [-0.1, -0.05) is 29.3 Å². The zero-order valence-corrected chi connectivity index (χ0v) is 11.3. The summed E-state index contributed by atoms with van der Waals surface area (Å²) >= 11 is 5.93. The van der Waals surface area contributed by atoms with Gasteiger partial charge in [-0.25, -0.2) is 4.98 Å². The second kappa shape index (κ2) is 4.94. The monoisotopic (exact) mass is 272 g/mol. The number of nitrogens with zero attached hydrogens (tertiary/aromatic N) is 2. The van der Waals surface area contributed by atoms with E-state index in [0.717, 1.165) is 17.1 Å². The lowest BCUT2D eigenvalue weighted by Crippen LogP contribution is -1.99. The molecule has 0 radical (unpaired) electrons. The SMILES string of the molecule is Cc1ccc(OCc2cnc3cc(Cl)ccn23)cc1. The van der Waals surface area contributed by atoms with Gasteiger partial charge in [0, 0.05) is 11.2 Å². The minimum absolute atomic E-state index is 0.478. The number of benzene rings is 1. The van der Waals surface area contributed by atoms with E-state index in [1.165, 1.54) is 5.56 Å². The first-order chi connectivity index (χ1) is 9.22. The van der Waals surface area contributed by atoms with Crippen LogP contribution in [0.4, 0.5) is 0 Å². The van der Waals surface area contributed by atoms with Crippen LogP contribution in [0.25, 0.3) is 5.65 Å². The molecule has 2 heterocycles. The molecule has 0 amide bonds. The van der Waals surface area contributed by atoms with Crippen LogP contribution < -0.4 is 4.74 Å². The molecular weight excluding hydrogens is 260 g/mol. The molecule has 0 saturated carbocycles. The number of fused-ring (bicyclic) bond motifs is 1. The van der Waals surface area contributed by atoms with Crippen LogP contribution >= 0.6 is 11.6 Å². The summed E-state index contributed by atoms with van der Waals surface area (Å²) in [5.41, 5.74) is 3.04. The van der Waals surface area contributed by atoms with Gasteiger partial charge in [-0.2, -0.15) is 0 Å². The van der Waals surface area contributed by atoms with Crippen molar-refractivity contribution in [1.29, 1.82) is 0 Å². The Bertz CT molecular complexity index is 704. The standard InChI is InChI=1S/C15H13ClN2O/c1-11-2-4-14(5-3-11)19-10-13-9-17-15-8-12(16)6-7-18(13)15/h2-9H,10H2,1H3. The first-order valence-electron chi connectivity index (χ1n) is 6.03. The summed E-state index contributed by atoms with van der Waals surface area (Å²) in [6, 6.07) is 11.7. The van der Waals surface area contributed by atoms with Crippen LogP contribution in [0.5, 0.6) is 5.75 Å². The highest BCUT2D eigenvalue weighted by atomic mass is 35.5. The van der Waals surface area contributed by atoms with E-state index in [1.807, 2.05) is 47.0 Å². The average molecular weight is 273 g/mol. The normalized spacial score (nSPS) is 10.8. The van der Waals surface area contributed by atoms with Crippen molar-refractivity contribution in [3.63, 3.8) is 0 Å². The van der Waals surface area contributed by atoms with E-state index in [-0.39, 0.29) is 0 Å². The second-order valence-electron chi connectivity index (χ2n) is 4.42. The lowest BCUT2D eigenvalue weighted by atomic mass is 10.2. The van der Waals surface area contributed by atoms with E-state index in [4.69, 9.17) is 16.3 Å². The molecule has 0 saturated heterocycles. The minimum atomic E-state index is 0.478. The molecule has 0 unspecified atom stereocenters. The fourth-order valence-electron chi connectivity index (χ4n) is 1.91. The molecule has 96 valence electrons. The van der Waals surface area contributed by atoms with Gasteiger partial charge in [-0.3, -0.25) is 0 Å². The molecule has 0 aliphatic heterocycles. The van der Waals surface area contributed by atoms with Gasteiger partial charge >= 0.3 is 0 Å². The highest BCUT2D eigenvalue weighted by Gasteiger charge is 2.04. The maximum atomic E-state index is 5.93. The average Bonchev–Trinajstić information content (AvgIpc) is 2.80. The van der Waals surface area contributed by atoms with Crippen LogP contribution in [0.3, 0.4) is 0 Å². The van der Waals surface area contributed by atoms with Crippen molar-refractivity contribution >= 4 is 17.2 Å². The van der Waals surface area contributed by atoms with Crippen LogP contribution in [0, 0.1) is 6.92 Å². The molecule has 0 fully saturated rings. The van der Waals surface area contributed by atoms with E-state index in [2.05, 4.69) is 11.9 Å². The van der Waals surface area contributed by atoms with Gasteiger partial charge in [0.1, 0.15) is 18.0 Å². The number of hydrogen-bond acceptors (Lipinski definition) is 2. The van der Waals surface area contributed by atoms with Crippen molar-refractivity contribution in [1.82, 2.24) is 9.38 Å². The Morgan fingerprint density at radius 3 is 2.79 bits per heavy atom. The molecule has 0 spiro atoms. The third-order valence-electron chi connectivity index (χ3n) is 2.96. The molecular formula is C15H13ClN2O. The number of hydrogen-bond donors (Lipinski definition) is 0. The van der Waals surface area contributed by atoms with Crippen LogP contribution in [0.15, 0.2) is 48.8 Å². The lowest BCUT2D eigenvalue weighted by Gasteiger charge is -2.06. The number of aromatic nitrogens is 2. The number of rotatable bonds is 3. The highest BCUT2D eigenvalue weighted by Crippen LogP contribution is 2.16. The summed E-state index contributed by atoms with van der Waals surface area (Å²) in [7, 11) is 0. The number of ether oxygens (including phenoxy) is 1. The van der Waals surface area contributed by atoms with E-state index in [0.29, 0.717) is 11.6 Å². The van der Waals surface area contributed by atoms with E-state index in [1.54, 1.807) is 6.20 Å². The molecule has 0 aliphatic carbocycles. The van der Waals surface area contributed by atoms with Crippen molar-refractivity contribution < 1.29 is 4.74 Å². The molecule has 0 bridgehead atoms. The Labute approximate surface area is 116 Å². The summed E-state index contributed by atoms with van der Waals surface area (Å²) in [5, 5.41) is 0.684. The number of pyridine rings is 1. The van der Waals surface area contributed by atoms with Crippen LogP contribution in [0.2, 0.25) is 5.02 Å². The third kappa shape index (κ3) is 2.56. The molecule has 0 atom stereocenters. The van der Waals surface area contributed by atoms with E-state index < -0.39 is 0 Å². The second-order valence-corrected chi connectivity index (χ2v) is 4.86. The quantitative estimate of drug-likeness (QED) is 0.723. The zero-order valence-electron chi connectivity index (χ0n) is 10.5. The van der Waals surface area contributed by atoms with Crippen molar-refractivity contribution in [3.8, 4) is 5.75 Å². The summed E-state index contributed by atoms with van der Waals surface area (Å²) in [6.45, 7) is 2.53. The van der Waals surface area contributed by atoms with Crippen molar-refractivity contribution in [2.24, 2.45) is 0 Å². The lowest BCUT2D eigenvalue weighted by molar-refractivity contribution is 0.300. The topological polar surface area (TPSA) is 26.5 Å². The smallest absolute Gasteiger partial charge is 0.138 e. The summed E-state index contributed by atoms with van der Waals surface area (Å²) in [4.78, 5) is 4.30. The van der Waals surface area contributed by atoms with Gasteiger partial charge < -0.3 is 9.14 Å². The van der Waals surface area contributed by atoms with Crippen molar-refractivity contribution in [2.75, 3.05) is 0 Å². The minimum Gasteiger partial charge on any atom is -0.487 e. The van der Waals surface area contributed by atoms with Gasteiger partial charge in [0.25, 0.3) is 0 Å². The van der Waals surface area contributed by atoms with E-state index >= 15 is 0 Å². The number of aryl methyl sites for hydroxylation is 1. The maximum Gasteiger partial charge on any atom is 0.138 e. The Kier molecular flexibility index (Phi) is 3.13. The van der Waals surface area contributed by atoms with Gasteiger partial charge in [-0.15, -0.1) is 0 Å². The maximum absolute atomic E-state index is 5.93. The van der Waals surface area contributed by atoms with Crippen molar-refractivity contribution in [2.45, 2.75) is 13.5 Å². The molecule has 4 heteroatoms. The van der Waals surface area contributed by atoms with Crippen LogP contribution in [-0.2, 0) is 6.61 Å². The van der Waals surface area contributed by atoms with Gasteiger partial charge in [0.15, 0.2) is 0 Å². The number of imidazole rings is 1. The molecule has 3 aromatic rings. The van der Waals surface area contributed by atoms with Gasteiger partial charge in [0.2, 0.25) is 0 Å². The molecule has 2 aromatic heterocycles. The van der Waals surface area contributed by atoms with Gasteiger partial charge in [-0.05, 0) is 31.2 Å². The molecule has 0 aliphatic rings. The highest BCUT2D eigenvalue weighted by molar-refractivity contribution is 6.30. The van der Waals surface area contributed by atoms with Crippen LogP contribution in [-0.4, -0.2) is 9.38 Å². The summed E-state index contributed by atoms with van der Waals surface area (Å²) < 4.78 is 7.72.